The summed E-state index contributed by atoms with van der Waals surface area (Å²) < 4.78 is 2.02. The molecule has 0 aliphatic heterocycles. The Kier molecular flexibility index (Phi) is 6.66. The molecule has 0 saturated carbocycles. The standard InChI is InChI=1S/C18H27N5/c1-4-20-18(21-10-9-15(2)3)22-13-16-7-5-6-8-17(16)23-12-11-19-14-23/h5-8,11-12,14-15H,4,9-10,13H2,1-3H3,(H2,20,21,22). The van der Waals surface area contributed by atoms with Gasteiger partial charge < -0.3 is 15.2 Å². The lowest BCUT2D eigenvalue weighted by Crippen LogP contribution is -2.38. The Bertz CT molecular complexity index is 602. The van der Waals surface area contributed by atoms with Crippen LogP contribution < -0.4 is 10.6 Å². The number of aromatic nitrogens is 2. The number of benzene rings is 1. The van der Waals surface area contributed by atoms with Gasteiger partial charge >= 0.3 is 0 Å². The lowest BCUT2D eigenvalue weighted by molar-refractivity contribution is 0.573. The fourth-order valence-electron chi connectivity index (χ4n) is 2.28. The second-order valence-electron chi connectivity index (χ2n) is 5.90. The molecule has 124 valence electrons. The van der Waals surface area contributed by atoms with E-state index in [0.717, 1.165) is 31.2 Å². The zero-order valence-corrected chi connectivity index (χ0v) is 14.3. The molecule has 2 N–H and O–H groups in total. The summed E-state index contributed by atoms with van der Waals surface area (Å²) >= 11 is 0. The van der Waals surface area contributed by atoms with E-state index in [9.17, 15) is 0 Å². The van der Waals surface area contributed by atoms with E-state index in [4.69, 9.17) is 4.99 Å². The Hall–Kier alpha value is -2.30. The van der Waals surface area contributed by atoms with E-state index < -0.39 is 0 Å². The van der Waals surface area contributed by atoms with Crippen molar-refractivity contribution in [2.45, 2.75) is 33.7 Å². The van der Waals surface area contributed by atoms with Crippen molar-refractivity contribution in [1.29, 1.82) is 0 Å². The van der Waals surface area contributed by atoms with Crippen LogP contribution in [0.3, 0.4) is 0 Å². The van der Waals surface area contributed by atoms with Crippen LogP contribution in [-0.4, -0.2) is 28.6 Å². The monoisotopic (exact) mass is 313 g/mol. The molecule has 1 aromatic carbocycles. The van der Waals surface area contributed by atoms with E-state index in [0.29, 0.717) is 12.5 Å². The molecule has 0 spiro atoms. The van der Waals surface area contributed by atoms with Crippen LogP contribution in [0.4, 0.5) is 0 Å². The maximum Gasteiger partial charge on any atom is 0.191 e. The Balaban J connectivity index is 2.07. The fourth-order valence-corrected chi connectivity index (χ4v) is 2.28. The van der Waals surface area contributed by atoms with Gasteiger partial charge in [-0.25, -0.2) is 9.98 Å². The molecule has 0 amide bonds. The molecule has 0 radical (unpaired) electrons. The van der Waals surface area contributed by atoms with Crippen molar-refractivity contribution in [2.24, 2.45) is 10.9 Å². The van der Waals surface area contributed by atoms with Crippen LogP contribution in [0.2, 0.25) is 0 Å². The third-order valence-electron chi connectivity index (χ3n) is 3.54. The highest BCUT2D eigenvalue weighted by atomic mass is 15.2. The zero-order chi connectivity index (χ0) is 16.5. The molecule has 0 bridgehead atoms. The average molecular weight is 313 g/mol. The summed E-state index contributed by atoms with van der Waals surface area (Å²) in [6, 6.07) is 8.28. The van der Waals surface area contributed by atoms with Gasteiger partial charge in [-0.05, 0) is 30.9 Å². The summed E-state index contributed by atoms with van der Waals surface area (Å²) in [4.78, 5) is 8.84. The van der Waals surface area contributed by atoms with Crippen molar-refractivity contribution in [3.8, 4) is 5.69 Å². The highest BCUT2D eigenvalue weighted by Crippen LogP contribution is 2.14. The first-order valence-electron chi connectivity index (χ1n) is 8.29. The molecule has 0 atom stereocenters. The second kappa shape index (κ2) is 8.98. The second-order valence-corrected chi connectivity index (χ2v) is 5.90. The minimum atomic E-state index is 0.630. The van der Waals surface area contributed by atoms with Gasteiger partial charge in [-0.3, -0.25) is 0 Å². The Labute approximate surface area is 138 Å². The van der Waals surface area contributed by atoms with Gasteiger partial charge in [0.2, 0.25) is 0 Å². The average Bonchev–Trinajstić information content (AvgIpc) is 3.07. The quantitative estimate of drug-likeness (QED) is 0.610. The summed E-state index contributed by atoms with van der Waals surface area (Å²) in [5.41, 5.74) is 2.29. The lowest BCUT2D eigenvalue weighted by atomic mass is 10.1. The van der Waals surface area contributed by atoms with Gasteiger partial charge in [0.05, 0.1) is 18.6 Å². The highest BCUT2D eigenvalue weighted by molar-refractivity contribution is 5.79. The molecule has 1 aromatic heterocycles. The molecule has 5 nitrogen and oxygen atoms in total. The van der Waals surface area contributed by atoms with Crippen LogP contribution in [-0.2, 0) is 6.54 Å². The van der Waals surface area contributed by atoms with Crippen LogP contribution in [0.5, 0.6) is 0 Å². The van der Waals surface area contributed by atoms with E-state index in [-0.39, 0.29) is 0 Å². The minimum Gasteiger partial charge on any atom is -0.357 e. The molecule has 0 aliphatic rings. The van der Waals surface area contributed by atoms with Crippen molar-refractivity contribution < 1.29 is 0 Å². The van der Waals surface area contributed by atoms with Crippen LogP contribution >= 0.6 is 0 Å². The number of rotatable bonds is 7. The number of guanidine groups is 1. The minimum absolute atomic E-state index is 0.630. The molecule has 5 heteroatoms. The molecule has 0 saturated heterocycles. The highest BCUT2D eigenvalue weighted by Gasteiger charge is 2.04. The van der Waals surface area contributed by atoms with Crippen LogP contribution in [0.15, 0.2) is 48.0 Å². The van der Waals surface area contributed by atoms with Crippen LogP contribution in [0, 0.1) is 5.92 Å². The maximum atomic E-state index is 4.71. The van der Waals surface area contributed by atoms with Crippen LogP contribution in [0.1, 0.15) is 32.8 Å². The smallest absolute Gasteiger partial charge is 0.191 e. The Morgan fingerprint density at radius 2 is 2.09 bits per heavy atom. The topological polar surface area (TPSA) is 54.2 Å². The van der Waals surface area contributed by atoms with Crippen molar-refractivity contribution in [1.82, 2.24) is 20.2 Å². The van der Waals surface area contributed by atoms with E-state index in [2.05, 4.69) is 48.5 Å². The molecule has 2 rings (SSSR count). The Morgan fingerprint density at radius 3 is 2.78 bits per heavy atom. The lowest BCUT2D eigenvalue weighted by Gasteiger charge is -2.13. The third kappa shape index (κ3) is 5.43. The molecule has 0 fully saturated rings. The van der Waals surface area contributed by atoms with E-state index in [1.54, 1.807) is 6.20 Å². The van der Waals surface area contributed by atoms with Gasteiger partial charge in [0, 0.05) is 25.5 Å². The number of aliphatic imine (C=N–C) groups is 1. The maximum absolute atomic E-state index is 4.71. The number of nitrogens with one attached hydrogen (secondary N) is 2. The molecular formula is C18H27N5. The normalized spacial score (nSPS) is 11.7. The Morgan fingerprint density at radius 1 is 1.26 bits per heavy atom. The number of hydrogen-bond acceptors (Lipinski definition) is 2. The van der Waals surface area contributed by atoms with Gasteiger partial charge in [0.15, 0.2) is 5.96 Å². The fraction of sp³-hybridized carbons (Fsp3) is 0.444. The van der Waals surface area contributed by atoms with Crippen molar-refractivity contribution >= 4 is 5.96 Å². The molecular weight excluding hydrogens is 286 g/mol. The van der Waals surface area contributed by atoms with Crippen molar-refractivity contribution in [3.63, 3.8) is 0 Å². The van der Waals surface area contributed by atoms with Crippen molar-refractivity contribution in [2.75, 3.05) is 13.1 Å². The first-order chi connectivity index (χ1) is 11.2. The van der Waals surface area contributed by atoms with Gasteiger partial charge in [-0.2, -0.15) is 0 Å². The third-order valence-corrected chi connectivity index (χ3v) is 3.54. The SMILES string of the molecule is CCNC(=NCc1ccccc1-n1ccnc1)NCCC(C)C. The number of imidazole rings is 1. The summed E-state index contributed by atoms with van der Waals surface area (Å²) in [5, 5.41) is 6.70. The number of para-hydroxylation sites is 1. The van der Waals surface area contributed by atoms with Gasteiger partial charge in [-0.15, -0.1) is 0 Å². The number of hydrogen-bond donors (Lipinski definition) is 2. The first-order valence-corrected chi connectivity index (χ1v) is 8.29. The zero-order valence-electron chi connectivity index (χ0n) is 14.3. The summed E-state index contributed by atoms with van der Waals surface area (Å²) in [6.07, 6.45) is 6.69. The van der Waals surface area contributed by atoms with Gasteiger partial charge in [0.25, 0.3) is 0 Å². The number of nitrogens with zero attached hydrogens (tertiary/aromatic N) is 3. The molecule has 1 heterocycles. The first kappa shape index (κ1) is 17.1. The molecule has 23 heavy (non-hydrogen) atoms. The summed E-state index contributed by atoms with van der Waals surface area (Å²) in [7, 11) is 0. The molecule has 0 unspecified atom stereocenters. The molecule has 2 aromatic rings. The van der Waals surface area contributed by atoms with Crippen molar-refractivity contribution in [3.05, 3.63) is 48.5 Å². The molecule has 0 aliphatic carbocycles. The van der Waals surface area contributed by atoms with Gasteiger partial charge in [0.1, 0.15) is 0 Å². The van der Waals surface area contributed by atoms with Crippen LogP contribution in [0.25, 0.3) is 5.69 Å². The summed E-state index contributed by atoms with van der Waals surface area (Å²) in [6.45, 7) is 8.97. The summed E-state index contributed by atoms with van der Waals surface area (Å²) in [5.74, 6) is 1.56. The largest absolute Gasteiger partial charge is 0.357 e. The van der Waals surface area contributed by atoms with E-state index in [1.807, 2.05) is 29.2 Å². The predicted molar refractivity (Wildman–Crippen MR) is 95.8 cm³/mol. The van der Waals surface area contributed by atoms with E-state index >= 15 is 0 Å². The van der Waals surface area contributed by atoms with Gasteiger partial charge in [-0.1, -0.05) is 32.0 Å². The predicted octanol–water partition coefficient (Wildman–Crippen LogP) is 2.97. The van der Waals surface area contributed by atoms with E-state index in [1.165, 1.54) is 5.56 Å².